The topological polar surface area (TPSA) is 46.5 Å². The van der Waals surface area contributed by atoms with Crippen LogP contribution >= 0.6 is 0 Å². The second-order valence-electron chi connectivity index (χ2n) is 2.22. The first kappa shape index (κ1) is 17.4. The molecule has 0 atom stereocenters. The zero-order valence-electron chi connectivity index (χ0n) is 7.81. The fourth-order valence-corrected chi connectivity index (χ4v) is 0.766. The third-order valence-electron chi connectivity index (χ3n) is 1.33. The molecule has 3 nitrogen and oxygen atoms in total. The molecule has 1 aromatic rings. The van der Waals surface area contributed by atoms with Crippen LogP contribution in [0.25, 0.3) is 0 Å². The molecular formula is C9H9O3RbRe. The van der Waals surface area contributed by atoms with E-state index >= 15 is 0 Å². The number of hydrogen-bond acceptors (Lipinski definition) is 3. The van der Waals surface area contributed by atoms with Gasteiger partial charge in [0.05, 0.1) is 0 Å². The SMILES string of the molecule is O=C([CH-]O)OCc1ccccc1.[Rb+].[Re]. The second-order valence-corrected chi connectivity index (χ2v) is 2.22. The minimum atomic E-state index is -0.723. The van der Waals surface area contributed by atoms with Crippen molar-refractivity contribution in [3.63, 3.8) is 0 Å². The third-order valence-corrected chi connectivity index (χ3v) is 1.33. The fourth-order valence-electron chi connectivity index (χ4n) is 0.766. The van der Waals surface area contributed by atoms with Crippen molar-refractivity contribution in [1.29, 1.82) is 0 Å². The number of rotatable bonds is 3. The number of carbonyl (C=O) groups excluding carboxylic acids is 1. The summed E-state index contributed by atoms with van der Waals surface area (Å²) in [7, 11) is 0. The molecule has 0 unspecified atom stereocenters. The number of esters is 1. The smallest absolute Gasteiger partial charge is 0.537 e. The summed E-state index contributed by atoms with van der Waals surface area (Å²) in [6.07, 6.45) is 0. The number of carbonyl (C=O) groups is 1. The van der Waals surface area contributed by atoms with Gasteiger partial charge in [-0.2, -0.15) is 6.61 Å². The minimum absolute atomic E-state index is 0. The van der Waals surface area contributed by atoms with Gasteiger partial charge in [0.15, 0.2) is 5.97 Å². The van der Waals surface area contributed by atoms with E-state index in [9.17, 15) is 4.79 Å². The average molecular weight is 437 g/mol. The predicted molar refractivity (Wildman–Crippen MR) is 42.5 cm³/mol. The normalized spacial score (nSPS) is 7.79. The average Bonchev–Trinajstić information content (AvgIpc) is 2.16. The van der Waals surface area contributed by atoms with Gasteiger partial charge in [-0.1, -0.05) is 30.3 Å². The minimum Gasteiger partial charge on any atom is -0.537 e. The molecule has 0 amide bonds. The van der Waals surface area contributed by atoms with E-state index in [1.807, 2.05) is 30.3 Å². The third kappa shape index (κ3) is 7.30. The Morgan fingerprint density at radius 1 is 1.36 bits per heavy atom. The van der Waals surface area contributed by atoms with Crippen molar-refractivity contribution in [3.8, 4) is 0 Å². The molecule has 0 spiro atoms. The van der Waals surface area contributed by atoms with Crippen LogP contribution in [0.15, 0.2) is 30.3 Å². The number of benzene rings is 1. The van der Waals surface area contributed by atoms with Crippen LogP contribution in [0.1, 0.15) is 5.56 Å². The van der Waals surface area contributed by atoms with Crippen molar-refractivity contribution < 1.29 is 93.2 Å². The van der Waals surface area contributed by atoms with Gasteiger partial charge < -0.3 is 9.84 Å². The molecule has 1 rings (SSSR count). The first-order valence-electron chi connectivity index (χ1n) is 3.51. The maximum Gasteiger partial charge on any atom is 1.00 e. The Morgan fingerprint density at radius 2 is 1.93 bits per heavy atom. The van der Waals surface area contributed by atoms with Crippen molar-refractivity contribution in [3.05, 3.63) is 42.5 Å². The van der Waals surface area contributed by atoms with Gasteiger partial charge in [0.1, 0.15) is 6.61 Å². The summed E-state index contributed by atoms with van der Waals surface area (Å²) in [5, 5.41) is 8.21. The van der Waals surface area contributed by atoms with Crippen LogP contribution in [0.2, 0.25) is 0 Å². The molecule has 0 saturated heterocycles. The molecule has 5 heteroatoms. The maximum absolute atomic E-state index is 10.5. The van der Waals surface area contributed by atoms with Crippen molar-refractivity contribution in [2.45, 2.75) is 6.61 Å². The van der Waals surface area contributed by atoms with E-state index in [-0.39, 0.29) is 85.2 Å². The monoisotopic (exact) mass is 437 g/mol. The van der Waals surface area contributed by atoms with Crippen LogP contribution in [-0.4, -0.2) is 11.1 Å². The van der Waals surface area contributed by atoms with Crippen molar-refractivity contribution in [1.82, 2.24) is 0 Å². The Hall–Kier alpha value is 0.988. The summed E-state index contributed by atoms with van der Waals surface area (Å²) in [5.41, 5.74) is 0.896. The van der Waals surface area contributed by atoms with Gasteiger partial charge in [-0.05, 0) is 5.56 Å². The summed E-state index contributed by atoms with van der Waals surface area (Å²) in [5.74, 6) is -0.723. The molecular weight excluding hydrogens is 428 g/mol. The molecule has 0 saturated carbocycles. The number of hydrogen-bond donors (Lipinski definition) is 1. The van der Waals surface area contributed by atoms with E-state index in [1.165, 1.54) is 0 Å². The first-order valence-corrected chi connectivity index (χ1v) is 3.51. The quantitative estimate of drug-likeness (QED) is 0.452. The summed E-state index contributed by atoms with van der Waals surface area (Å²) >= 11 is 0. The second kappa shape index (κ2) is 10.5. The van der Waals surface area contributed by atoms with Crippen LogP contribution in [0.4, 0.5) is 0 Å². The van der Waals surface area contributed by atoms with Gasteiger partial charge in [-0.15, -0.1) is 0 Å². The Morgan fingerprint density at radius 3 is 2.43 bits per heavy atom. The summed E-state index contributed by atoms with van der Waals surface area (Å²) in [6.45, 7) is 0.597. The van der Waals surface area contributed by atoms with Crippen LogP contribution in [-0.2, 0) is 36.6 Å². The maximum atomic E-state index is 10.5. The molecule has 0 aliphatic carbocycles. The molecule has 0 aliphatic rings. The molecule has 0 aromatic heterocycles. The molecule has 71 valence electrons. The van der Waals surface area contributed by atoms with Gasteiger partial charge in [0, 0.05) is 20.4 Å². The Kier molecular flexibility index (Phi) is 13.0. The van der Waals surface area contributed by atoms with E-state index in [1.54, 1.807) is 0 Å². The first-order chi connectivity index (χ1) is 5.83. The number of aliphatic hydroxyl groups excluding tert-OH is 1. The van der Waals surface area contributed by atoms with E-state index in [0.29, 0.717) is 6.61 Å². The standard InChI is InChI=1S/C9H9O3.Rb.Re/c10-6-9(11)12-7-8-4-2-1-3-5-8;;/h1-6,10H,7H2;;/q-1;+1;. The zero-order valence-corrected chi connectivity index (χ0v) is 15.4. The Labute approximate surface area is 146 Å². The molecule has 1 aromatic carbocycles. The van der Waals surface area contributed by atoms with Crippen LogP contribution < -0.4 is 58.2 Å². The summed E-state index contributed by atoms with van der Waals surface area (Å²) in [4.78, 5) is 10.5. The molecule has 1 N–H and O–H groups in total. The van der Waals surface area contributed by atoms with Gasteiger partial charge in [-0.3, -0.25) is 4.79 Å². The van der Waals surface area contributed by atoms with Gasteiger partial charge in [-0.25, -0.2) is 0 Å². The van der Waals surface area contributed by atoms with Crippen LogP contribution in [0.5, 0.6) is 0 Å². The molecule has 0 aliphatic heterocycles. The molecule has 1 radical (unpaired) electrons. The molecule has 0 fully saturated rings. The van der Waals surface area contributed by atoms with E-state index in [4.69, 9.17) is 5.11 Å². The van der Waals surface area contributed by atoms with Gasteiger partial charge in [0.2, 0.25) is 0 Å². The molecule has 0 heterocycles. The largest absolute Gasteiger partial charge is 1.00 e. The van der Waals surface area contributed by atoms with E-state index < -0.39 is 5.97 Å². The van der Waals surface area contributed by atoms with Gasteiger partial charge >= 0.3 is 58.2 Å². The molecule has 14 heavy (non-hydrogen) atoms. The van der Waals surface area contributed by atoms with E-state index in [0.717, 1.165) is 5.56 Å². The Bertz CT molecular complexity index is 253. The zero-order chi connectivity index (χ0) is 8.81. The van der Waals surface area contributed by atoms with Crippen LogP contribution in [0, 0.1) is 6.61 Å². The van der Waals surface area contributed by atoms with E-state index in [2.05, 4.69) is 4.74 Å². The van der Waals surface area contributed by atoms with Crippen molar-refractivity contribution in [2.24, 2.45) is 0 Å². The van der Waals surface area contributed by atoms with Crippen molar-refractivity contribution >= 4 is 5.97 Å². The summed E-state index contributed by atoms with van der Waals surface area (Å²) in [6, 6.07) is 9.26. The fraction of sp³-hybridized carbons (Fsp3) is 0.111. The summed E-state index contributed by atoms with van der Waals surface area (Å²) < 4.78 is 4.63. The van der Waals surface area contributed by atoms with Crippen molar-refractivity contribution in [2.75, 3.05) is 0 Å². The number of aliphatic hydroxyl groups is 1. The Balaban J connectivity index is 0. The van der Waals surface area contributed by atoms with Crippen LogP contribution in [0.3, 0.4) is 0 Å². The van der Waals surface area contributed by atoms with Gasteiger partial charge in [0.25, 0.3) is 0 Å². The predicted octanol–water partition coefficient (Wildman–Crippen LogP) is -1.73. The molecule has 0 bridgehead atoms. The number of ether oxygens (including phenoxy) is 1.